The zero-order valence-corrected chi connectivity index (χ0v) is 17.6. The summed E-state index contributed by atoms with van der Waals surface area (Å²) < 4.78 is 46.9. The lowest BCUT2D eigenvalue weighted by Crippen LogP contribution is -2.46. The Morgan fingerprint density at radius 2 is 2.12 bits per heavy atom. The number of anilines is 2. The molecule has 3 heterocycles. The molecule has 0 spiro atoms. The van der Waals surface area contributed by atoms with E-state index >= 15 is 0 Å². The summed E-state index contributed by atoms with van der Waals surface area (Å²) in [4.78, 5) is 18.5. The maximum Gasteiger partial charge on any atom is 0.573 e. The second kappa shape index (κ2) is 9.41. The minimum Gasteiger partial charge on any atom is -0.582 e. The molecule has 180 valence electrons. The Bertz CT molecular complexity index is 1180. The molecule has 1 saturated heterocycles. The summed E-state index contributed by atoms with van der Waals surface area (Å²) in [6, 6.07) is 8.38. The first-order valence-corrected chi connectivity index (χ1v) is 10.2. The van der Waals surface area contributed by atoms with Crippen LogP contribution in [0.4, 0.5) is 24.9 Å². The number of hydrogen-bond acceptors (Lipinski definition) is 9. The molecule has 1 aliphatic rings. The van der Waals surface area contributed by atoms with Gasteiger partial charge in [0.05, 0.1) is 25.6 Å². The molecule has 1 unspecified atom stereocenters. The number of carbonyl (C=O) groups excluding carboxylic acids is 1. The van der Waals surface area contributed by atoms with Gasteiger partial charge in [-0.15, -0.1) is 13.2 Å². The van der Waals surface area contributed by atoms with E-state index in [0.29, 0.717) is 24.2 Å². The summed E-state index contributed by atoms with van der Waals surface area (Å²) in [6.45, 7) is 1.22. The van der Waals surface area contributed by atoms with E-state index in [2.05, 4.69) is 20.1 Å². The van der Waals surface area contributed by atoms with E-state index in [-0.39, 0.29) is 40.9 Å². The first-order valence-electron chi connectivity index (χ1n) is 10.2. The van der Waals surface area contributed by atoms with Gasteiger partial charge >= 0.3 is 23.8 Å². The normalized spacial score (nSPS) is 16.0. The Kier molecular flexibility index (Phi) is 6.38. The van der Waals surface area contributed by atoms with Gasteiger partial charge in [-0.2, -0.15) is 0 Å². The number of pyridine rings is 1. The molecule has 1 aromatic carbocycles. The maximum atomic E-state index is 12.4. The van der Waals surface area contributed by atoms with Crippen LogP contribution in [0.2, 0.25) is 0 Å². The van der Waals surface area contributed by atoms with Crippen molar-refractivity contribution in [1.82, 2.24) is 10.1 Å². The number of esters is 1. The van der Waals surface area contributed by atoms with Crippen molar-refractivity contribution in [3.8, 4) is 5.75 Å². The topological polar surface area (TPSA) is 128 Å². The van der Waals surface area contributed by atoms with Crippen LogP contribution in [0.1, 0.15) is 12.8 Å². The predicted molar refractivity (Wildman–Crippen MR) is 109 cm³/mol. The van der Waals surface area contributed by atoms with Crippen LogP contribution in [-0.4, -0.2) is 53.4 Å². The lowest BCUT2D eigenvalue weighted by Gasteiger charge is -2.17. The quantitative estimate of drug-likeness (QED) is 0.222. The summed E-state index contributed by atoms with van der Waals surface area (Å²) in [5.41, 5.74) is -0.474. The van der Waals surface area contributed by atoms with Gasteiger partial charge in [0.15, 0.2) is 0 Å². The second-order valence-corrected chi connectivity index (χ2v) is 7.42. The predicted octanol–water partition coefficient (Wildman–Crippen LogP) is 1.31. The first kappa shape index (κ1) is 23.1. The van der Waals surface area contributed by atoms with Crippen LogP contribution in [0.5, 0.6) is 5.75 Å². The Labute approximate surface area is 190 Å². The Morgan fingerprint density at radius 3 is 2.85 bits per heavy atom. The lowest BCUT2D eigenvalue weighted by atomic mass is 10.3. The van der Waals surface area contributed by atoms with Gasteiger partial charge in [-0.25, -0.2) is 4.98 Å². The third kappa shape index (κ3) is 5.44. The van der Waals surface area contributed by atoms with Crippen LogP contribution in [0, 0.1) is 5.21 Å². The number of rotatable bonds is 7. The molecule has 2 aromatic heterocycles. The summed E-state index contributed by atoms with van der Waals surface area (Å²) in [7, 11) is 0. The molecule has 11 nitrogen and oxygen atoms in total. The van der Waals surface area contributed by atoms with Crippen LogP contribution in [-0.2, 0) is 9.53 Å². The van der Waals surface area contributed by atoms with E-state index in [4.69, 9.17) is 4.74 Å². The zero-order valence-electron chi connectivity index (χ0n) is 17.6. The highest BCUT2D eigenvalue weighted by atomic mass is 19.4. The van der Waals surface area contributed by atoms with Crippen molar-refractivity contribution in [3.05, 3.63) is 47.8 Å². The Morgan fingerprint density at radius 1 is 1.29 bits per heavy atom. The number of nitrogens with one attached hydrogen (secondary N) is 1. The number of benzene rings is 1. The van der Waals surface area contributed by atoms with Crippen molar-refractivity contribution < 1.29 is 42.2 Å². The van der Waals surface area contributed by atoms with Crippen LogP contribution < -0.4 is 24.5 Å². The standard InChI is InChI=1S/C20H19F3N6O5/c21-20(22,23)34-13-4-5-15-16(11-13)29(32)26-19(28(15)31)25-9-6-18(30)33-14-7-10-27(12-14)17-3-1-2-8-24-17/h1-5,8,11,14,31H,6-7,9-10,12H2/p+1. The van der Waals surface area contributed by atoms with E-state index in [1.807, 2.05) is 23.1 Å². The number of hydrogen-bond donors (Lipinski definition) is 2. The van der Waals surface area contributed by atoms with Crippen LogP contribution in [0.15, 0.2) is 42.6 Å². The average molecular weight is 481 g/mol. The number of aromatic nitrogens is 4. The zero-order chi connectivity index (χ0) is 24.3. The highest BCUT2D eigenvalue weighted by Gasteiger charge is 2.33. The molecule has 14 heteroatoms. The molecule has 4 rings (SSSR count). The van der Waals surface area contributed by atoms with E-state index in [1.165, 1.54) is 0 Å². The number of fused-ring (bicyclic) bond motifs is 1. The average Bonchev–Trinajstić information content (AvgIpc) is 3.25. The highest BCUT2D eigenvalue weighted by Crippen LogP contribution is 2.24. The molecular formula is C20H20F3N6O5+. The number of carbonyl (C=O) groups is 1. The fraction of sp³-hybridized carbons (Fsp3) is 0.350. The molecule has 1 atom stereocenters. The molecular weight excluding hydrogens is 461 g/mol. The maximum absolute atomic E-state index is 12.4. The molecule has 1 fully saturated rings. The molecule has 3 aromatic rings. The molecule has 34 heavy (non-hydrogen) atoms. The SMILES string of the molecule is O=C(CCNc1n[n+]([O-])c2cc(OC(F)(F)F)ccc2[n+]1O)OC1CCN(c2ccccn2)C1. The van der Waals surface area contributed by atoms with E-state index in [0.717, 1.165) is 24.0 Å². The van der Waals surface area contributed by atoms with Crippen LogP contribution >= 0.6 is 0 Å². The van der Waals surface area contributed by atoms with Crippen molar-refractivity contribution in [2.45, 2.75) is 25.3 Å². The van der Waals surface area contributed by atoms with Gasteiger partial charge in [0, 0.05) is 24.0 Å². The summed E-state index contributed by atoms with van der Waals surface area (Å²) in [5, 5.41) is 28.6. The minimum atomic E-state index is -4.94. The van der Waals surface area contributed by atoms with Gasteiger partial charge in [-0.1, -0.05) is 6.07 Å². The fourth-order valence-electron chi connectivity index (χ4n) is 3.53. The molecule has 1 aliphatic heterocycles. The lowest BCUT2D eigenvalue weighted by molar-refractivity contribution is -0.883. The fourth-order valence-corrected chi connectivity index (χ4v) is 3.53. The van der Waals surface area contributed by atoms with E-state index < -0.39 is 18.1 Å². The van der Waals surface area contributed by atoms with Crippen molar-refractivity contribution in [3.63, 3.8) is 0 Å². The van der Waals surface area contributed by atoms with Crippen LogP contribution in [0.25, 0.3) is 11.0 Å². The van der Waals surface area contributed by atoms with Crippen molar-refractivity contribution >= 4 is 28.8 Å². The van der Waals surface area contributed by atoms with E-state index in [1.54, 1.807) is 6.20 Å². The number of alkyl halides is 3. The number of ether oxygens (including phenoxy) is 2. The van der Waals surface area contributed by atoms with Gasteiger partial charge in [0.25, 0.3) is 0 Å². The van der Waals surface area contributed by atoms with Crippen LogP contribution in [0.3, 0.4) is 0 Å². The second-order valence-electron chi connectivity index (χ2n) is 7.42. The third-order valence-electron chi connectivity index (χ3n) is 5.03. The highest BCUT2D eigenvalue weighted by molar-refractivity contribution is 5.71. The molecule has 0 radical (unpaired) electrons. The van der Waals surface area contributed by atoms with Gasteiger partial charge in [0.1, 0.15) is 17.7 Å². The van der Waals surface area contributed by atoms with Crippen molar-refractivity contribution in [1.29, 1.82) is 0 Å². The Hall–Kier alpha value is -4.10. The third-order valence-corrected chi connectivity index (χ3v) is 5.03. The van der Waals surface area contributed by atoms with Crippen molar-refractivity contribution in [2.24, 2.45) is 0 Å². The summed E-state index contributed by atoms with van der Waals surface area (Å²) >= 11 is 0. The Balaban J connectivity index is 1.32. The summed E-state index contributed by atoms with van der Waals surface area (Å²) in [5.74, 6) is -0.611. The molecule has 2 N–H and O–H groups in total. The summed E-state index contributed by atoms with van der Waals surface area (Å²) in [6.07, 6.45) is -2.94. The first-order chi connectivity index (χ1) is 16.2. The number of halogens is 3. The van der Waals surface area contributed by atoms with Gasteiger partial charge in [-0.05, 0) is 29.0 Å². The van der Waals surface area contributed by atoms with E-state index in [9.17, 15) is 28.4 Å². The van der Waals surface area contributed by atoms with Gasteiger partial charge in [0.2, 0.25) is 10.6 Å². The minimum absolute atomic E-state index is 0.0101. The van der Waals surface area contributed by atoms with Crippen molar-refractivity contribution in [2.75, 3.05) is 29.9 Å². The number of nitrogens with zero attached hydrogens (tertiary/aromatic N) is 5. The molecule has 0 bridgehead atoms. The molecule has 0 aliphatic carbocycles. The molecule has 0 saturated carbocycles. The molecule has 0 amide bonds. The van der Waals surface area contributed by atoms with Gasteiger partial charge in [-0.3, -0.25) is 10.1 Å². The smallest absolute Gasteiger partial charge is 0.573 e. The monoisotopic (exact) mass is 481 g/mol. The largest absolute Gasteiger partial charge is 0.582 e. The van der Waals surface area contributed by atoms with Gasteiger partial charge < -0.3 is 24.8 Å².